The minimum atomic E-state index is -0.449. The second-order valence-electron chi connectivity index (χ2n) is 5.82. The summed E-state index contributed by atoms with van der Waals surface area (Å²) in [5.41, 5.74) is -0.327. The number of hydrogen-bond donors (Lipinski definition) is 1. The first-order valence-electron chi connectivity index (χ1n) is 8.33. The molecule has 0 bridgehead atoms. The summed E-state index contributed by atoms with van der Waals surface area (Å²) in [6.45, 7) is 3.70. The molecule has 1 aromatic rings. The van der Waals surface area contributed by atoms with Crippen LogP contribution in [0.15, 0.2) is 15.8 Å². The van der Waals surface area contributed by atoms with Crippen LogP contribution in [0.5, 0.6) is 0 Å². The van der Waals surface area contributed by atoms with E-state index in [0.29, 0.717) is 17.9 Å². The minimum absolute atomic E-state index is 0.0591. The van der Waals surface area contributed by atoms with Crippen molar-refractivity contribution in [2.45, 2.75) is 58.0 Å². The minimum Gasteiger partial charge on any atom is -0.364 e. The van der Waals surface area contributed by atoms with Crippen LogP contribution in [-0.4, -0.2) is 33.5 Å². The number of hydrogen-bond acceptors (Lipinski definition) is 6. The molecule has 0 radical (unpaired) electrons. The summed E-state index contributed by atoms with van der Waals surface area (Å²) in [5, 5.41) is 0. The fraction of sp³-hybridized carbons (Fsp3) is 0.647. The van der Waals surface area contributed by atoms with E-state index in [4.69, 9.17) is 15.9 Å². The summed E-state index contributed by atoms with van der Waals surface area (Å²) in [7, 11) is 3.41. The smallest absolute Gasteiger partial charge is 0.330 e. The fourth-order valence-corrected chi connectivity index (χ4v) is 4.41. The van der Waals surface area contributed by atoms with Crippen LogP contribution in [0.3, 0.4) is 0 Å². The number of nitrogens with one attached hydrogen (secondary N) is 1. The monoisotopic (exact) mass is 384 g/mol. The van der Waals surface area contributed by atoms with Crippen molar-refractivity contribution in [3.63, 3.8) is 0 Å². The number of rotatable bonds is 9. The van der Waals surface area contributed by atoms with Crippen LogP contribution in [0, 0.1) is 19.3 Å². The van der Waals surface area contributed by atoms with Gasteiger partial charge in [0.25, 0.3) is 5.56 Å². The Balaban J connectivity index is 1.88. The SMILES string of the molecule is C#CCCCSSCOC1C[C@H](n2cc(C)c(=O)[nH]c2=O)O[C@@H]1CC. The van der Waals surface area contributed by atoms with Gasteiger partial charge >= 0.3 is 5.69 Å². The van der Waals surface area contributed by atoms with E-state index < -0.39 is 11.9 Å². The molecular weight excluding hydrogens is 360 g/mol. The lowest BCUT2D eigenvalue weighted by Crippen LogP contribution is -2.33. The third-order valence-electron chi connectivity index (χ3n) is 4.00. The van der Waals surface area contributed by atoms with E-state index in [1.807, 2.05) is 6.92 Å². The first kappa shape index (κ1) is 20.2. The molecule has 1 aliphatic rings. The van der Waals surface area contributed by atoms with E-state index in [1.54, 1.807) is 34.7 Å². The van der Waals surface area contributed by atoms with Crippen molar-refractivity contribution in [3.8, 4) is 12.3 Å². The van der Waals surface area contributed by atoms with Gasteiger partial charge in [-0.15, -0.1) is 12.3 Å². The summed E-state index contributed by atoms with van der Waals surface area (Å²) in [5.74, 6) is 4.20. The van der Waals surface area contributed by atoms with Crippen molar-refractivity contribution in [3.05, 3.63) is 32.6 Å². The third kappa shape index (κ3) is 5.68. The third-order valence-corrected chi connectivity index (χ3v) is 6.14. The number of ether oxygens (including phenoxy) is 2. The van der Waals surface area contributed by atoms with Crippen LogP contribution in [-0.2, 0) is 9.47 Å². The summed E-state index contributed by atoms with van der Waals surface area (Å²) in [4.78, 5) is 25.9. The van der Waals surface area contributed by atoms with Crippen LogP contribution >= 0.6 is 21.6 Å². The molecule has 0 saturated carbocycles. The fourth-order valence-electron chi connectivity index (χ4n) is 2.65. The van der Waals surface area contributed by atoms with E-state index in [2.05, 4.69) is 10.9 Å². The topological polar surface area (TPSA) is 73.3 Å². The Bertz CT molecular complexity index is 710. The van der Waals surface area contributed by atoms with E-state index in [1.165, 1.54) is 4.57 Å². The van der Waals surface area contributed by atoms with Crippen LogP contribution in [0.1, 0.15) is 44.4 Å². The number of aromatic amines is 1. The molecule has 0 amide bonds. The van der Waals surface area contributed by atoms with E-state index in [0.717, 1.165) is 25.0 Å². The molecule has 6 nitrogen and oxygen atoms in total. The van der Waals surface area contributed by atoms with Crippen LogP contribution in [0.4, 0.5) is 0 Å². The lowest BCUT2D eigenvalue weighted by molar-refractivity contribution is -0.0323. The number of aryl methyl sites for hydroxylation is 1. The summed E-state index contributed by atoms with van der Waals surface area (Å²) in [6.07, 6.45) is 9.45. The van der Waals surface area contributed by atoms with Gasteiger partial charge in [-0.3, -0.25) is 14.3 Å². The molecule has 138 valence electrons. The molecule has 1 N–H and O–H groups in total. The molecule has 1 saturated heterocycles. The zero-order chi connectivity index (χ0) is 18.2. The van der Waals surface area contributed by atoms with Crippen LogP contribution in [0.25, 0.3) is 0 Å². The summed E-state index contributed by atoms with van der Waals surface area (Å²) >= 11 is 0. The Hall–Kier alpha value is -1.14. The summed E-state index contributed by atoms with van der Waals surface area (Å²) < 4.78 is 13.4. The summed E-state index contributed by atoms with van der Waals surface area (Å²) in [6, 6.07) is 0. The van der Waals surface area contributed by atoms with Gasteiger partial charge < -0.3 is 9.47 Å². The van der Waals surface area contributed by atoms with Crippen molar-refractivity contribution in [1.82, 2.24) is 9.55 Å². The molecule has 8 heteroatoms. The average molecular weight is 385 g/mol. The zero-order valence-corrected chi connectivity index (χ0v) is 16.2. The number of aromatic nitrogens is 2. The van der Waals surface area contributed by atoms with E-state index in [9.17, 15) is 9.59 Å². The highest BCUT2D eigenvalue weighted by Crippen LogP contribution is 2.33. The van der Waals surface area contributed by atoms with Gasteiger partial charge in [-0.2, -0.15) is 0 Å². The molecule has 2 rings (SSSR count). The zero-order valence-electron chi connectivity index (χ0n) is 14.5. The van der Waals surface area contributed by atoms with Gasteiger partial charge in [0.05, 0.1) is 12.2 Å². The number of H-pyrrole nitrogens is 1. The molecule has 1 unspecified atom stereocenters. The highest BCUT2D eigenvalue weighted by molar-refractivity contribution is 8.76. The van der Waals surface area contributed by atoms with Crippen molar-refractivity contribution >= 4 is 21.6 Å². The number of terminal acetylenes is 1. The molecule has 25 heavy (non-hydrogen) atoms. The molecule has 3 atom stereocenters. The van der Waals surface area contributed by atoms with Gasteiger partial charge in [0, 0.05) is 30.4 Å². The lowest BCUT2D eigenvalue weighted by atomic mass is 10.1. The van der Waals surface area contributed by atoms with Crippen molar-refractivity contribution in [1.29, 1.82) is 0 Å². The van der Waals surface area contributed by atoms with Crippen LogP contribution < -0.4 is 11.2 Å². The standard InChI is InChI=1S/C17H24N2O4S2/c1-4-6-7-8-24-25-11-22-14-9-15(23-13(14)5-2)19-10-12(3)16(20)18-17(19)21/h1,10,13-15H,5-9,11H2,2-3H3,(H,18,20,21)/t13-,14?,15-/m1/s1. The van der Waals surface area contributed by atoms with Crippen molar-refractivity contribution in [2.24, 2.45) is 0 Å². The predicted octanol–water partition coefficient (Wildman–Crippen LogP) is 2.68. The molecular formula is C17H24N2O4S2. The van der Waals surface area contributed by atoms with Gasteiger partial charge in [0.1, 0.15) is 12.2 Å². The first-order chi connectivity index (χ1) is 12.1. The second-order valence-corrected chi connectivity index (χ2v) is 8.35. The van der Waals surface area contributed by atoms with Gasteiger partial charge in [0.2, 0.25) is 0 Å². The molecule has 1 fully saturated rings. The predicted molar refractivity (Wildman–Crippen MR) is 103 cm³/mol. The second kappa shape index (κ2) is 10.1. The van der Waals surface area contributed by atoms with Gasteiger partial charge in [-0.25, -0.2) is 4.79 Å². The molecule has 1 aromatic heterocycles. The van der Waals surface area contributed by atoms with E-state index >= 15 is 0 Å². The maximum Gasteiger partial charge on any atom is 0.330 e. The highest BCUT2D eigenvalue weighted by atomic mass is 33.1. The molecule has 1 aliphatic heterocycles. The Morgan fingerprint density at radius 1 is 1.48 bits per heavy atom. The van der Waals surface area contributed by atoms with Gasteiger partial charge in [-0.05, 0) is 19.8 Å². The number of unbranched alkanes of at least 4 members (excludes halogenated alkanes) is 1. The quantitative estimate of drug-likeness (QED) is 0.305. The Kier molecular flexibility index (Phi) is 8.16. The molecule has 0 aromatic carbocycles. The Morgan fingerprint density at radius 2 is 2.28 bits per heavy atom. The normalized spacial score (nSPS) is 22.8. The largest absolute Gasteiger partial charge is 0.364 e. The Labute approximate surface area is 155 Å². The molecule has 0 spiro atoms. The first-order valence-corrected chi connectivity index (χ1v) is 10.8. The lowest BCUT2D eigenvalue weighted by Gasteiger charge is -2.16. The van der Waals surface area contributed by atoms with Crippen molar-refractivity contribution in [2.75, 3.05) is 11.7 Å². The maximum atomic E-state index is 12.0. The average Bonchev–Trinajstić information content (AvgIpc) is 3.00. The van der Waals surface area contributed by atoms with Crippen molar-refractivity contribution < 1.29 is 9.47 Å². The maximum absolute atomic E-state index is 12.0. The number of nitrogens with zero attached hydrogens (tertiary/aromatic N) is 1. The highest BCUT2D eigenvalue weighted by Gasteiger charge is 2.36. The molecule has 2 heterocycles. The Morgan fingerprint density at radius 3 is 3.00 bits per heavy atom. The van der Waals surface area contributed by atoms with Gasteiger partial charge in [0.15, 0.2) is 0 Å². The van der Waals surface area contributed by atoms with E-state index in [-0.39, 0.29) is 17.8 Å². The van der Waals surface area contributed by atoms with Gasteiger partial charge in [-0.1, -0.05) is 28.5 Å². The van der Waals surface area contributed by atoms with Crippen LogP contribution in [0.2, 0.25) is 0 Å². The molecule has 0 aliphatic carbocycles.